The number of carboxylic acid groups (broad SMARTS) is 1. The van der Waals surface area contributed by atoms with E-state index in [1.54, 1.807) is 36.4 Å². The summed E-state index contributed by atoms with van der Waals surface area (Å²) in [6.07, 6.45) is 1.06. The first kappa shape index (κ1) is 32.4. The predicted molar refractivity (Wildman–Crippen MR) is 159 cm³/mol. The molecule has 1 aliphatic rings. The number of ether oxygens (including phenoxy) is 1. The number of amides is 1. The zero-order valence-corrected chi connectivity index (χ0v) is 24.8. The molecule has 41 heavy (non-hydrogen) atoms. The molecule has 0 radical (unpaired) electrons. The Hall–Kier alpha value is -3.10. The molecule has 7 nitrogen and oxygen atoms in total. The molecule has 1 unspecified atom stereocenters. The van der Waals surface area contributed by atoms with Crippen LogP contribution >= 0.6 is 46.4 Å². The first-order valence-corrected chi connectivity index (χ1v) is 14.2. The number of nitrogens with one attached hydrogen (secondary N) is 1. The predicted octanol–water partition coefficient (Wildman–Crippen LogP) is 7.24. The summed E-state index contributed by atoms with van der Waals surface area (Å²) in [5.41, 5.74) is 2.66. The number of rotatable bonds is 9. The second kappa shape index (κ2) is 15.8. The molecule has 1 aliphatic heterocycles. The average molecular weight is 639 g/mol. The zero-order valence-electron chi connectivity index (χ0n) is 21.7. The molecule has 2 N–H and O–H groups in total. The van der Waals surface area contributed by atoms with E-state index in [1.165, 1.54) is 0 Å². The van der Waals surface area contributed by atoms with E-state index in [9.17, 15) is 19.2 Å². The van der Waals surface area contributed by atoms with Crippen molar-refractivity contribution in [3.05, 3.63) is 104 Å². The number of carbonyl (C=O) groups excluding carboxylic acids is 3. The van der Waals surface area contributed by atoms with Crippen LogP contribution in [0.15, 0.2) is 66.7 Å². The van der Waals surface area contributed by atoms with E-state index in [1.807, 2.05) is 30.3 Å². The molecule has 1 amide bonds. The Balaban J connectivity index is 0.000000248. The van der Waals surface area contributed by atoms with Crippen LogP contribution in [0.3, 0.4) is 0 Å². The summed E-state index contributed by atoms with van der Waals surface area (Å²) >= 11 is 23.6. The van der Waals surface area contributed by atoms with Gasteiger partial charge in [0, 0.05) is 24.8 Å². The zero-order chi connectivity index (χ0) is 29.9. The Bertz CT molecular complexity index is 1380. The van der Waals surface area contributed by atoms with Crippen molar-refractivity contribution in [1.29, 1.82) is 0 Å². The molecule has 11 heteroatoms. The topological polar surface area (TPSA) is 110 Å². The van der Waals surface area contributed by atoms with Crippen LogP contribution in [0.1, 0.15) is 54.2 Å². The number of benzene rings is 3. The SMILES string of the molecule is O=C(O)CC(CC(=O)NCCc1ccccc1)c1ccc(Cl)c(Cl)c1.O=C1CC(c2ccc(Cl)c(Cl)c2)CC(=O)O1. The van der Waals surface area contributed by atoms with Crippen molar-refractivity contribution >= 4 is 70.2 Å². The third-order valence-electron chi connectivity index (χ3n) is 6.32. The highest BCUT2D eigenvalue weighted by Gasteiger charge is 2.28. The summed E-state index contributed by atoms with van der Waals surface area (Å²) in [5.74, 6) is -2.76. The van der Waals surface area contributed by atoms with E-state index in [0.29, 0.717) is 32.2 Å². The Morgan fingerprint density at radius 2 is 1.44 bits per heavy atom. The van der Waals surface area contributed by atoms with E-state index in [2.05, 4.69) is 10.1 Å². The molecule has 0 saturated carbocycles. The average Bonchev–Trinajstić information content (AvgIpc) is 2.91. The van der Waals surface area contributed by atoms with Gasteiger partial charge in [-0.2, -0.15) is 0 Å². The van der Waals surface area contributed by atoms with Gasteiger partial charge in [0.25, 0.3) is 0 Å². The van der Waals surface area contributed by atoms with Crippen LogP contribution < -0.4 is 5.32 Å². The van der Waals surface area contributed by atoms with Crippen molar-refractivity contribution in [2.24, 2.45) is 0 Å². The second-order valence-corrected chi connectivity index (χ2v) is 11.0. The molecule has 1 heterocycles. The van der Waals surface area contributed by atoms with Crippen molar-refractivity contribution in [2.45, 2.75) is 43.9 Å². The van der Waals surface area contributed by atoms with Gasteiger partial charge in [0.1, 0.15) is 0 Å². The molecule has 3 aromatic rings. The van der Waals surface area contributed by atoms with Crippen LogP contribution in [0.5, 0.6) is 0 Å². The molecule has 0 bridgehead atoms. The second-order valence-electron chi connectivity index (χ2n) is 9.38. The monoisotopic (exact) mass is 637 g/mol. The van der Waals surface area contributed by atoms with Gasteiger partial charge in [-0.3, -0.25) is 19.2 Å². The molecule has 0 spiro atoms. The molecule has 1 saturated heterocycles. The lowest BCUT2D eigenvalue weighted by atomic mass is 9.91. The fourth-order valence-electron chi connectivity index (χ4n) is 4.26. The lowest BCUT2D eigenvalue weighted by Crippen LogP contribution is -2.27. The molecule has 3 aromatic carbocycles. The number of halogens is 4. The summed E-state index contributed by atoms with van der Waals surface area (Å²) in [6, 6.07) is 19.9. The fourth-order valence-corrected chi connectivity index (χ4v) is 4.87. The smallest absolute Gasteiger partial charge is 0.314 e. The molecular formula is C30H27Cl4NO6. The van der Waals surface area contributed by atoms with Gasteiger partial charge in [-0.1, -0.05) is 88.9 Å². The van der Waals surface area contributed by atoms with Gasteiger partial charge in [-0.15, -0.1) is 0 Å². The van der Waals surface area contributed by atoms with Gasteiger partial charge in [-0.25, -0.2) is 0 Å². The summed E-state index contributed by atoms with van der Waals surface area (Å²) in [5, 5.41) is 13.6. The minimum Gasteiger partial charge on any atom is -0.481 e. The van der Waals surface area contributed by atoms with Crippen molar-refractivity contribution in [1.82, 2.24) is 5.32 Å². The standard InChI is InChI=1S/C19H19Cl2NO3.C11H8Cl2O3/c20-16-7-6-14(10-17(16)21)15(12-19(24)25)11-18(23)22-9-8-13-4-2-1-3-5-13;12-8-2-1-6(3-9(8)13)7-4-10(14)16-11(15)5-7/h1-7,10,15H,8-9,11-12H2,(H,22,23)(H,24,25);1-3,7H,4-5H2. The number of hydrogen-bond acceptors (Lipinski definition) is 5. The Morgan fingerprint density at radius 3 is 2.02 bits per heavy atom. The van der Waals surface area contributed by atoms with Crippen LogP contribution in [-0.2, 0) is 30.3 Å². The highest BCUT2D eigenvalue weighted by molar-refractivity contribution is 6.42. The fraction of sp³-hybridized carbons (Fsp3) is 0.267. The maximum atomic E-state index is 12.2. The van der Waals surface area contributed by atoms with Gasteiger partial charge in [0.05, 0.1) is 39.4 Å². The van der Waals surface area contributed by atoms with E-state index in [-0.39, 0.29) is 37.5 Å². The normalized spacial score (nSPS) is 14.0. The van der Waals surface area contributed by atoms with Crippen LogP contribution in [0, 0.1) is 0 Å². The third kappa shape index (κ3) is 10.7. The van der Waals surface area contributed by atoms with Crippen molar-refractivity contribution in [3.63, 3.8) is 0 Å². The summed E-state index contributed by atoms with van der Waals surface area (Å²) in [6.45, 7) is 0.504. The molecule has 0 aliphatic carbocycles. The number of aliphatic carboxylic acids is 1. The van der Waals surface area contributed by atoms with E-state index in [4.69, 9.17) is 51.5 Å². The number of cyclic esters (lactones) is 2. The molecule has 4 rings (SSSR count). The number of carbonyl (C=O) groups is 4. The van der Waals surface area contributed by atoms with E-state index >= 15 is 0 Å². The largest absolute Gasteiger partial charge is 0.481 e. The number of esters is 2. The molecule has 1 atom stereocenters. The third-order valence-corrected chi connectivity index (χ3v) is 7.79. The van der Waals surface area contributed by atoms with Gasteiger partial charge < -0.3 is 15.2 Å². The van der Waals surface area contributed by atoms with E-state index in [0.717, 1.165) is 17.5 Å². The molecule has 0 aromatic heterocycles. The van der Waals surface area contributed by atoms with Crippen LogP contribution in [0.2, 0.25) is 20.1 Å². The van der Waals surface area contributed by atoms with Gasteiger partial charge in [-0.05, 0) is 47.4 Å². The molecule has 1 fully saturated rings. The maximum Gasteiger partial charge on any atom is 0.314 e. The highest BCUT2D eigenvalue weighted by Crippen LogP contribution is 2.32. The van der Waals surface area contributed by atoms with Crippen molar-refractivity contribution < 1.29 is 29.0 Å². The summed E-state index contributed by atoms with van der Waals surface area (Å²) < 4.78 is 4.45. The quantitative estimate of drug-likeness (QED) is 0.189. The van der Waals surface area contributed by atoms with Crippen molar-refractivity contribution in [3.8, 4) is 0 Å². The first-order chi connectivity index (χ1) is 19.5. The van der Waals surface area contributed by atoms with Crippen LogP contribution in [0.25, 0.3) is 0 Å². The maximum absolute atomic E-state index is 12.2. The minimum atomic E-state index is -0.965. The number of carboxylic acids is 1. The Labute approximate surface area is 257 Å². The van der Waals surface area contributed by atoms with Crippen LogP contribution in [0.4, 0.5) is 0 Å². The Kier molecular flexibility index (Phi) is 12.5. The molecule has 216 valence electrons. The summed E-state index contributed by atoms with van der Waals surface area (Å²) in [7, 11) is 0. The lowest BCUT2D eigenvalue weighted by Gasteiger charge is -2.20. The van der Waals surface area contributed by atoms with E-state index < -0.39 is 23.8 Å². The Morgan fingerprint density at radius 1 is 0.829 bits per heavy atom. The minimum absolute atomic E-state index is 0.0824. The highest BCUT2D eigenvalue weighted by atomic mass is 35.5. The molecular weight excluding hydrogens is 612 g/mol. The van der Waals surface area contributed by atoms with Gasteiger partial charge in [0.15, 0.2) is 0 Å². The number of hydrogen-bond donors (Lipinski definition) is 2. The van der Waals surface area contributed by atoms with Crippen LogP contribution in [-0.4, -0.2) is 35.5 Å². The van der Waals surface area contributed by atoms with Gasteiger partial charge in [0.2, 0.25) is 5.91 Å². The van der Waals surface area contributed by atoms with Crippen molar-refractivity contribution in [2.75, 3.05) is 6.54 Å². The lowest BCUT2D eigenvalue weighted by molar-refractivity contribution is -0.164. The van der Waals surface area contributed by atoms with Gasteiger partial charge >= 0.3 is 17.9 Å². The first-order valence-electron chi connectivity index (χ1n) is 12.7. The summed E-state index contributed by atoms with van der Waals surface area (Å²) in [4.78, 5) is 45.5.